The van der Waals surface area contributed by atoms with Crippen molar-refractivity contribution in [1.29, 1.82) is 0 Å². The van der Waals surface area contributed by atoms with Crippen molar-refractivity contribution in [2.24, 2.45) is 5.92 Å². The predicted molar refractivity (Wildman–Crippen MR) is 59.4 cm³/mol. The van der Waals surface area contributed by atoms with Crippen LogP contribution in [0.4, 0.5) is 0 Å². The Labute approximate surface area is 90.7 Å². The maximum absolute atomic E-state index is 12.0. The summed E-state index contributed by atoms with van der Waals surface area (Å²) >= 11 is 0. The predicted octanol–water partition coefficient (Wildman–Crippen LogP) is 2.05. The number of carbonyl (C=O) groups is 1. The maximum Gasteiger partial charge on any atom is 0.225 e. The van der Waals surface area contributed by atoms with Gasteiger partial charge in [0.1, 0.15) is 0 Å². The summed E-state index contributed by atoms with van der Waals surface area (Å²) < 4.78 is 2.23. The molecule has 1 aromatic rings. The normalized spacial score (nSPS) is 20.5. The van der Waals surface area contributed by atoms with Crippen LogP contribution in [0, 0.1) is 5.92 Å². The molecular weight excluding hydrogens is 188 g/mol. The van der Waals surface area contributed by atoms with E-state index in [0.29, 0.717) is 0 Å². The average Bonchev–Trinajstić information content (AvgIpc) is 2.66. The van der Waals surface area contributed by atoms with E-state index in [2.05, 4.69) is 29.8 Å². The Morgan fingerprint density at radius 2 is 2.20 bits per heavy atom. The summed E-state index contributed by atoms with van der Waals surface area (Å²) in [5.74, 6) is 0.351. The number of fused-ring (bicyclic) bond motifs is 1. The van der Waals surface area contributed by atoms with Gasteiger partial charge in [-0.3, -0.25) is 4.79 Å². The van der Waals surface area contributed by atoms with E-state index >= 15 is 0 Å². The van der Waals surface area contributed by atoms with Crippen LogP contribution in [0.15, 0.2) is 18.3 Å². The van der Waals surface area contributed by atoms with Crippen LogP contribution in [0.2, 0.25) is 0 Å². The van der Waals surface area contributed by atoms with Gasteiger partial charge in [0.2, 0.25) is 5.91 Å². The second-order valence-electron chi connectivity index (χ2n) is 4.49. The first-order valence-electron chi connectivity index (χ1n) is 5.56. The first kappa shape index (κ1) is 10.3. The van der Waals surface area contributed by atoms with E-state index in [0.717, 1.165) is 13.1 Å². The zero-order valence-corrected chi connectivity index (χ0v) is 9.60. The molecule has 1 aliphatic heterocycles. The fourth-order valence-corrected chi connectivity index (χ4v) is 2.21. The molecule has 1 amide bonds. The molecule has 15 heavy (non-hydrogen) atoms. The monoisotopic (exact) mass is 206 g/mol. The van der Waals surface area contributed by atoms with Gasteiger partial charge in [-0.2, -0.15) is 0 Å². The van der Waals surface area contributed by atoms with Crippen molar-refractivity contribution in [3.05, 3.63) is 24.0 Å². The molecule has 0 bridgehead atoms. The summed E-state index contributed by atoms with van der Waals surface area (Å²) in [7, 11) is 0. The van der Waals surface area contributed by atoms with Gasteiger partial charge < -0.3 is 9.47 Å². The lowest BCUT2D eigenvalue weighted by atomic mass is 10.1. The zero-order valence-electron chi connectivity index (χ0n) is 9.60. The smallest absolute Gasteiger partial charge is 0.225 e. The highest BCUT2D eigenvalue weighted by Crippen LogP contribution is 2.26. The van der Waals surface area contributed by atoms with Crippen LogP contribution in [-0.4, -0.2) is 21.9 Å². The van der Waals surface area contributed by atoms with Crippen molar-refractivity contribution in [2.75, 3.05) is 6.54 Å². The molecule has 0 fully saturated rings. The molecule has 0 saturated carbocycles. The fourth-order valence-electron chi connectivity index (χ4n) is 2.21. The molecule has 2 rings (SSSR count). The highest BCUT2D eigenvalue weighted by molar-refractivity contribution is 5.78. The number of hydrogen-bond donors (Lipinski definition) is 0. The van der Waals surface area contributed by atoms with E-state index in [4.69, 9.17) is 0 Å². The molecule has 1 aromatic heterocycles. The molecule has 0 spiro atoms. The van der Waals surface area contributed by atoms with Gasteiger partial charge in [0.15, 0.2) is 0 Å². The third-order valence-electron chi connectivity index (χ3n) is 3.12. The molecule has 0 saturated heterocycles. The molecule has 0 radical (unpaired) electrons. The lowest BCUT2D eigenvalue weighted by molar-refractivity contribution is -0.137. The summed E-state index contributed by atoms with van der Waals surface area (Å²) in [6.45, 7) is 7.78. The van der Waals surface area contributed by atoms with Gasteiger partial charge in [0.05, 0.1) is 6.04 Å². The number of rotatable bonds is 1. The van der Waals surface area contributed by atoms with Crippen LogP contribution in [0.25, 0.3) is 0 Å². The van der Waals surface area contributed by atoms with Gasteiger partial charge in [-0.05, 0) is 19.1 Å². The highest BCUT2D eigenvalue weighted by Gasteiger charge is 2.28. The highest BCUT2D eigenvalue weighted by atomic mass is 16.2. The molecule has 3 nitrogen and oxygen atoms in total. The summed E-state index contributed by atoms with van der Waals surface area (Å²) in [5, 5.41) is 0. The molecular formula is C12H18N2O. The van der Waals surface area contributed by atoms with E-state index in [-0.39, 0.29) is 17.9 Å². The topological polar surface area (TPSA) is 25.2 Å². The Hall–Kier alpha value is -1.25. The van der Waals surface area contributed by atoms with Gasteiger partial charge in [0, 0.05) is 30.9 Å². The number of amides is 1. The molecule has 0 aliphatic carbocycles. The second-order valence-corrected chi connectivity index (χ2v) is 4.49. The number of hydrogen-bond acceptors (Lipinski definition) is 1. The molecule has 3 heteroatoms. The minimum atomic E-state index is 0.0916. The lowest BCUT2D eigenvalue weighted by Gasteiger charge is -2.36. The number of nitrogens with zero attached hydrogens (tertiary/aromatic N) is 2. The van der Waals surface area contributed by atoms with Crippen LogP contribution >= 0.6 is 0 Å². The Kier molecular flexibility index (Phi) is 2.55. The summed E-state index contributed by atoms with van der Waals surface area (Å²) in [5.41, 5.74) is 1.25. The van der Waals surface area contributed by atoms with Crippen molar-refractivity contribution in [2.45, 2.75) is 33.4 Å². The van der Waals surface area contributed by atoms with E-state index in [1.807, 2.05) is 18.7 Å². The molecule has 1 atom stereocenters. The summed E-state index contributed by atoms with van der Waals surface area (Å²) in [6, 6.07) is 4.36. The van der Waals surface area contributed by atoms with Crippen LogP contribution in [0.1, 0.15) is 32.5 Å². The minimum absolute atomic E-state index is 0.0916. The number of carbonyl (C=O) groups excluding carboxylic acids is 1. The minimum Gasteiger partial charge on any atom is -0.348 e. The largest absolute Gasteiger partial charge is 0.348 e. The van der Waals surface area contributed by atoms with Crippen molar-refractivity contribution in [3.8, 4) is 0 Å². The Balaban J connectivity index is 2.23. The SMILES string of the molecule is CC(C)C(=O)N1CCn2cccc2C1C. The third kappa shape index (κ3) is 1.66. The molecule has 82 valence electrons. The van der Waals surface area contributed by atoms with E-state index < -0.39 is 0 Å². The third-order valence-corrected chi connectivity index (χ3v) is 3.12. The Bertz CT molecular complexity index is 367. The van der Waals surface area contributed by atoms with Gasteiger partial charge in [0.25, 0.3) is 0 Å². The zero-order chi connectivity index (χ0) is 11.0. The maximum atomic E-state index is 12.0. The van der Waals surface area contributed by atoms with Crippen LogP contribution in [0.5, 0.6) is 0 Å². The van der Waals surface area contributed by atoms with Crippen LogP contribution in [0.3, 0.4) is 0 Å². The van der Waals surface area contributed by atoms with Crippen molar-refractivity contribution >= 4 is 5.91 Å². The van der Waals surface area contributed by atoms with Gasteiger partial charge in [-0.15, -0.1) is 0 Å². The quantitative estimate of drug-likeness (QED) is 0.690. The van der Waals surface area contributed by atoms with Crippen LogP contribution < -0.4 is 0 Å². The first-order chi connectivity index (χ1) is 7.11. The van der Waals surface area contributed by atoms with Crippen molar-refractivity contribution in [3.63, 3.8) is 0 Å². The molecule has 0 aromatic carbocycles. The van der Waals surface area contributed by atoms with Gasteiger partial charge >= 0.3 is 0 Å². The van der Waals surface area contributed by atoms with Crippen LogP contribution in [-0.2, 0) is 11.3 Å². The standard InChI is InChI=1S/C12H18N2O/c1-9(2)12(15)14-8-7-13-6-4-5-11(13)10(14)3/h4-6,9-10H,7-8H2,1-3H3. The lowest BCUT2D eigenvalue weighted by Crippen LogP contribution is -2.42. The fraction of sp³-hybridized carbons (Fsp3) is 0.583. The van der Waals surface area contributed by atoms with E-state index in [9.17, 15) is 4.79 Å². The van der Waals surface area contributed by atoms with E-state index in [1.165, 1.54) is 5.69 Å². The summed E-state index contributed by atoms with van der Waals surface area (Å²) in [4.78, 5) is 13.9. The Morgan fingerprint density at radius 3 is 2.87 bits per heavy atom. The van der Waals surface area contributed by atoms with E-state index in [1.54, 1.807) is 0 Å². The first-order valence-corrected chi connectivity index (χ1v) is 5.56. The molecule has 2 heterocycles. The molecule has 1 unspecified atom stereocenters. The van der Waals surface area contributed by atoms with Gasteiger partial charge in [-0.1, -0.05) is 13.8 Å². The average molecular weight is 206 g/mol. The molecule has 0 N–H and O–H groups in total. The molecule has 1 aliphatic rings. The van der Waals surface area contributed by atoms with Crippen molar-refractivity contribution in [1.82, 2.24) is 9.47 Å². The van der Waals surface area contributed by atoms with Crippen molar-refractivity contribution < 1.29 is 4.79 Å². The second kappa shape index (κ2) is 3.72. The summed E-state index contributed by atoms with van der Waals surface area (Å²) in [6.07, 6.45) is 2.09. The number of aromatic nitrogens is 1. The van der Waals surface area contributed by atoms with Gasteiger partial charge in [-0.25, -0.2) is 0 Å². The Morgan fingerprint density at radius 1 is 1.47 bits per heavy atom.